The Morgan fingerprint density at radius 1 is 0.897 bits per heavy atom. The van der Waals surface area contributed by atoms with Gasteiger partial charge in [0.15, 0.2) is 12.4 Å². The van der Waals surface area contributed by atoms with Gasteiger partial charge in [-0.1, -0.05) is 19.4 Å². The summed E-state index contributed by atoms with van der Waals surface area (Å²) in [7, 11) is 0. The lowest BCUT2D eigenvalue weighted by atomic mass is 9.46. The molecule has 0 spiro atoms. The molecule has 4 fully saturated rings. The summed E-state index contributed by atoms with van der Waals surface area (Å²) in [5, 5.41) is 12.1. The number of carbonyl (C=O) groups excluding carboxylic acids is 6. The van der Waals surface area contributed by atoms with Crippen LogP contribution in [-0.4, -0.2) is 57.7 Å². The first-order chi connectivity index (χ1) is 18.4. The van der Waals surface area contributed by atoms with E-state index in [0.29, 0.717) is 36.2 Å². The van der Waals surface area contributed by atoms with Gasteiger partial charge in [-0.05, 0) is 74.2 Å². The van der Waals surface area contributed by atoms with E-state index >= 15 is 0 Å². The van der Waals surface area contributed by atoms with Crippen LogP contribution in [0.25, 0.3) is 0 Å². The normalized spacial score (nSPS) is 37.5. The molecule has 5 rings (SSSR count). The summed E-state index contributed by atoms with van der Waals surface area (Å²) in [6.07, 6.45) is 6.86. The Hall–Kier alpha value is -2.88. The SMILES string of the molecule is CC12CCC(=O)C=C1CCC1C2CCC2(C)C1CCC2(O)C(=O)COC(=O)CCC(=O)ON1C(=O)CCC1=O. The Balaban J connectivity index is 1.17. The number of Topliss-reactive ketones (excluding diaryl/α,β-unsaturated/α-hetero) is 1. The highest BCUT2D eigenvalue weighted by Gasteiger charge is 2.66. The van der Waals surface area contributed by atoms with Crippen LogP contribution in [0.2, 0.25) is 0 Å². The smallest absolute Gasteiger partial charge is 0.333 e. The molecule has 0 aromatic heterocycles. The number of hydroxylamine groups is 2. The maximum absolute atomic E-state index is 13.3. The first-order valence-electron chi connectivity index (χ1n) is 14.1. The van der Waals surface area contributed by atoms with Gasteiger partial charge in [0.25, 0.3) is 11.8 Å². The summed E-state index contributed by atoms with van der Waals surface area (Å²) in [5.41, 5.74) is -0.965. The minimum absolute atomic E-state index is 0.00506. The number of nitrogens with zero attached hydrogens (tertiary/aromatic N) is 1. The van der Waals surface area contributed by atoms with E-state index in [0.717, 1.165) is 32.1 Å². The molecule has 0 aromatic carbocycles. The number of hydrogen-bond donors (Lipinski definition) is 1. The summed E-state index contributed by atoms with van der Waals surface area (Å²) >= 11 is 0. The zero-order chi connectivity index (χ0) is 28.2. The molecule has 0 radical (unpaired) electrons. The molecule has 0 bridgehead atoms. The number of rotatable bonds is 7. The van der Waals surface area contributed by atoms with Gasteiger partial charge in [0.05, 0.1) is 12.8 Å². The Morgan fingerprint density at radius 2 is 1.56 bits per heavy atom. The maximum atomic E-state index is 13.3. The lowest BCUT2D eigenvalue weighted by Crippen LogP contribution is -2.58. The molecule has 10 heteroatoms. The number of esters is 1. The second kappa shape index (κ2) is 9.94. The standard InChI is InChI=1S/C29H37NO9/c1-27-12-9-18(31)15-17(27)3-4-19-20(27)10-13-28(2)21(19)11-14-29(28,37)22(32)16-38-25(35)7-8-26(36)39-30-23(33)5-6-24(30)34/h15,19-21,37H,3-14,16H2,1-2H3. The van der Waals surface area contributed by atoms with Crippen molar-refractivity contribution in [3.8, 4) is 0 Å². The molecule has 212 valence electrons. The fraction of sp³-hybridized carbons (Fsp3) is 0.724. The van der Waals surface area contributed by atoms with Crippen LogP contribution >= 0.6 is 0 Å². The number of carbonyl (C=O) groups is 6. The Morgan fingerprint density at radius 3 is 2.28 bits per heavy atom. The van der Waals surface area contributed by atoms with Gasteiger partial charge < -0.3 is 14.7 Å². The van der Waals surface area contributed by atoms with Crippen molar-refractivity contribution < 1.29 is 43.4 Å². The fourth-order valence-electron chi connectivity index (χ4n) is 8.38. The van der Waals surface area contributed by atoms with Crippen molar-refractivity contribution in [3.63, 3.8) is 0 Å². The quantitative estimate of drug-likeness (QED) is 0.378. The summed E-state index contributed by atoms with van der Waals surface area (Å²) in [6, 6.07) is 0. The average Bonchev–Trinajstić information content (AvgIpc) is 3.37. The molecule has 2 amide bonds. The van der Waals surface area contributed by atoms with Crippen molar-refractivity contribution in [1.29, 1.82) is 0 Å². The first kappa shape index (κ1) is 27.7. The summed E-state index contributed by atoms with van der Waals surface area (Å²) < 4.78 is 5.13. The predicted octanol–water partition coefficient (Wildman–Crippen LogP) is 2.75. The van der Waals surface area contributed by atoms with E-state index in [1.165, 1.54) is 5.57 Å². The Kier molecular flexibility index (Phi) is 7.06. The van der Waals surface area contributed by atoms with Crippen LogP contribution in [0, 0.1) is 28.6 Å². The third-order valence-electron chi connectivity index (χ3n) is 10.7. The van der Waals surface area contributed by atoms with Gasteiger partial charge in [0.1, 0.15) is 5.60 Å². The van der Waals surface area contributed by atoms with Crippen molar-refractivity contribution in [1.82, 2.24) is 5.06 Å². The molecule has 4 aliphatic carbocycles. The topological polar surface area (TPSA) is 144 Å². The van der Waals surface area contributed by atoms with Crippen LogP contribution in [0.3, 0.4) is 0 Å². The predicted molar refractivity (Wildman–Crippen MR) is 134 cm³/mol. The van der Waals surface area contributed by atoms with Crippen molar-refractivity contribution >= 4 is 35.3 Å². The molecule has 6 unspecified atom stereocenters. The first-order valence-corrected chi connectivity index (χ1v) is 14.1. The third-order valence-corrected chi connectivity index (χ3v) is 10.7. The molecule has 1 saturated heterocycles. The second-order valence-electron chi connectivity index (χ2n) is 12.5. The number of amides is 2. The van der Waals surface area contributed by atoms with Gasteiger partial charge in [-0.2, -0.15) is 0 Å². The van der Waals surface area contributed by atoms with E-state index in [2.05, 4.69) is 6.92 Å². The average molecular weight is 544 g/mol. The number of allylic oxidation sites excluding steroid dienone is 1. The molecular formula is C29H37NO9. The van der Waals surface area contributed by atoms with Crippen LogP contribution in [0.1, 0.15) is 90.9 Å². The molecule has 1 aliphatic heterocycles. The minimum Gasteiger partial charge on any atom is -0.458 e. The molecule has 1 heterocycles. The highest BCUT2D eigenvalue weighted by Crippen LogP contribution is 2.67. The van der Waals surface area contributed by atoms with E-state index in [9.17, 15) is 33.9 Å². The van der Waals surface area contributed by atoms with Crippen LogP contribution in [0.4, 0.5) is 0 Å². The molecule has 39 heavy (non-hydrogen) atoms. The van der Waals surface area contributed by atoms with Crippen LogP contribution in [-0.2, 0) is 38.3 Å². The molecule has 5 aliphatic rings. The lowest BCUT2D eigenvalue weighted by Gasteiger charge is -2.58. The molecule has 1 N–H and O–H groups in total. The Labute approximate surface area is 227 Å². The van der Waals surface area contributed by atoms with Crippen LogP contribution in [0.5, 0.6) is 0 Å². The van der Waals surface area contributed by atoms with E-state index < -0.39 is 53.6 Å². The molecule has 3 saturated carbocycles. The highest BCUT2D eigenvalue weighted by atomic mass is 16.7. The lowest BCUT2D eigenvalue weighted by molar-refractivity contribution is -0.197. The van der Waals surface area contributed by atoms with Gasteiger partial charge in [0.2, 0.25) is 5.78 Å². The number of fused-ring (bicyclic) bond motifs is 5. The summed E-state index contributed by atoms with van der Waals surface area (Å²) in [5.74, 6) is -2.31. The second-order valence-corrected chi connectivity index (χ2v) is 12.5. The number of ether oxygens (including phenoxy) is 1. The van der Waals surface area contributed by atoms with Gasteiger partial charge in [-0.15, -0.1) is 5.06 Å². The zero-order valence-electron chi connectivity index (χ0n) is 22.7. The highest BCUT2D eigenvalue weighted by molar-refractivity contribution is 6.01. The zero-order valence-corrected chi connectivity index (χ0v) is 22.7. The molecule has 0 aromatic rings. The van der Waals surface area contributed by atoms with Crippen molar-refractivity contribution in [2.45, 2.75) is 96.5 Å². The largest absolute Gasteiger partial charge is 0.458 e. The number of aliphatic hydroxyl groups is 1. The molecule has 6 atom stereocenters. The summed E-state index contributed by atoms with van der Waals surface area (Å²) in [4.78, 5) is 77.4. The van der Waals surface area contributed by atoms with Crippen LogP contribution in [0.15, 0.2) is 11.6 Å². The van der Waals surface area contributed by atoms with Gasteiger partial charge in [0, 0.05) is 24.7 Å². The Bertz CT molecular complexity index is 1140. The van der Waals surface area contributed by atoms with Crippen molar-refractivity contribution in [3.05, 3.63) is 11.6 Å². The number of ketones is 2. The van der Waals surface area contributed by atoms with E-state index in [1.54, 1.807) is 0 Å². The van der Waals surface area contributed by atoms with Gasteiger partial charge >= 0.3 is 11.9 Å². The van der Waals surface area contributed by atoms with E-state index in [-0.39, 0.29) is 36.4 Å². The summed E-state index contributed by atoms with van der Waals surface area (Å²) in [6.45, 7) is 3.69. The maximum Gasteiger partial charge on any atom is 0.333 e. The minimum atomic E-state index is -1.60. The monoisotopic (exact) mass is 543 g/mol. The molecule has 10 nitrogen and oxygen atoms in total. The van der Waals surface area contributed by atoms with Crippen molar-refractivity contribution in [2.75, 3.05) is 6.61 Å². The molecular weight excluding hydrogens is 506 g/mol. The van der Waals surface area contributed by atoms with Gasteiger partial charge in [-0.25, -0.2) is 4.79 Å². The third kappa shape index (κ3) is 4.54. The fourth-order valence-corrected chi connectivity index (χ4v) is 8.38. The number of imide groups is 1. The van der Waals surface area contributed by atoms with Crippen molar-refractivity contribution in [2.24, 2.45) is 28.6 Å². The van der Waals surface area contributed by atoms with E-state index in [1.807, 2.05) is 13.0 Å². The number of hydrogen-bond acceptors (Lipinski definition) is 9. The van der Waals surface area contributed by atoms with Gasteiger partial charge in [-0.3, -0.25) is 24.0 Å². The van der Waals surface area contributed by atoms with Crippen LogP contribution < -0.4 is 0 Å². The van der Waals surface area contributed by atoms with E-state index in [4.69, 9.17) is 9.57 Å².